The van der Waals surface area contributed by atoms with Crippen molar-refractivity contribution in [3.05, 3.63) is 93.5 Å². The molecule has 0 aliphatic carbocycles. The van der Waals surface area contributed by atoms with E-state index in [0.717, 1.165) is 36.9 Å². The molecule has 0 spiro atoms. The van der Waals surface area contributed by atoms with E-state index in [0.29, 0.717) is 29.7 Å². The number of carbonyl (C=O) groups is 1. The molecule has 33 heavy (non-hydrogen) atoms. The van der Waals surface area contributed by atoms with E-state index >= 15 is 0 Å². The lowest BCUT2D eigenvalue weighted by atomic mass is 10.1. The van der Waals surface area contributed by atoms with Crippen LogP contribution in [0.3, 0.4) is 0 Å². The molecule has 2 heterocycles. The first-order valence-electron chi connectivity index (χ1n) is 11.1. The van der Waals surface area contributed by atoms with Gasteiger partial charge in [0.2, 0.25) is 5.91 Å². The molecule has 0 atom stereocenters. The third kappa shape index (κ3) is 6.04. The molecule has 0 bridgehead atoms. The summed E-state index contributed by atoms with van der Waals surface area (Å²) in [6.45, 7) is 1.81. The summed E-state index contributed by atoms with van der Waals surface area (Å²) < 4.78 is 4.05. The molecule has 0 unspecified atom stereocenters. The van der Waals surface area contributed by atoms with Crippen LogP contribution in [0, 0.1) is 4.77 Å². The van der Waals surface area contributed by atoms with Crippen molar-refractivity contribution in [2.75, 3.05) is 0 Å². The maximum atomic E-state index is 12.7. The molecule has 0 aliphatic heterocycles. The number of fused-ring (bicyclic) bond motifs is 1. The second kappa shape index (κ2) is 10.9. The molecule has 170 valence electrons. The third-order valence-electron chi connectivity index (χ3n) is 5.58. The summed E-state index contributed by atoms with van der Waals surface area (Å²) in [7, 11) is 0. The normalized spacial score (nSPS) is 11.0. The minimum Gasteiger partial charge on any atom is -0.352 e. The maximum Gasteiger partial charge on any atom is 0.262 e. The first kappa shape index (κ1) is 22.7. The molecule has 0 saturated carbocycles. The number of aromatic amines is 1. The molecule has 7 nitrogen and oxygen atoms in total. The van der Waals surface area contributed by atoms with Crippen molar-refractivity contribution in [2.45, 2.75) is 45.3 Å². The van der Waals surface area contributed by atoms with Crippen LogP contribution in [0.25, 0.3) is 10.9 Å². The number of hydrogen-bond acceptors (Lipinski definition) is 4. The minimum atomic E-state index is -0.0673. The van der Waals surface area contributed by atoms with Crippen LogP contribution < -0.4 is 10.9 Å². The zero-order valence-electron chi connectivity index (χ0n) is 18.4. The number of imidazole rings is 1. The van der Waals surface area contributed by atoms with Gasteiger partial charge in [-0.05, 0) is 48.3 Å². The highest BCUT2D eigenvalue weighted by Gasteiger charge is 2.06. The van der Waals surface area contributed by atoms with Gasteiger partial charge < -0.3 is 14.9 Å². The van der Waals surface area contributed by atoms with Crippen LogP contribution in [0.1, 0.15) is 36.8 Å². The van der Waals surface area contributed by atoms with E-state index in [-0.39, 0.29) is 11.5 Å². The number of nitrogens with one attached hydrogen (secondary N) is 2. The summed E-state index contributed by atoms with van der Waals surface area (Å²) in [6, 6.07) is 15.6. The van der Waals surface area contributed by atoms with Crippen molar-refractivity contribution in [2.24, 2.45) is 0 Å². The van der Waals surface area contributed by atoms with E-state index in [1.54, 1.807) is 23.2 Å². The Labute approximate surface area is 197 Å². The number of hydrogen-bond donors (Lipinski definition) is 2. The predicted molar refractivity (Wildman–Crippen MR) is 131 cm³/mol. The van der Waals surface area contributed by atoms with Crippen LogP contribution in [-0.4, -0.2) is 25.0 Å². The lowest BCUT2D eigenvalue weighted by Crippen LogP contribution is -2.23. The number of rotatable bonds is 10. The molecule has 0 saturated heterocycles. The zero-order valence-corrected chi connectivity index (χ0v) is 19.2. The predicted octanol–water partition coefficient (Wildman–Crippen LogP) is 4.18. The van der Waals surface area contributed by atoms with Gasteiger partial charge in [0.05, 0.1) is 17.2 Å². The Balaban J connectivity index is 1.20. The highest BCUT2D eigenvalue weighted by molar-refractivity contribution is 7.71. The Bertz CT molecular complexity index is 1340. The van der Waals surface area contributed by atoms with Gasteiger partial charge in [-0.25, -0.2) is 4.98 Å². The van der Waals surface area contributed by atoms with Gasteiger partial charge in [0.25, 0.3) is 5.56 Å². The molecule has 0 aliphatic rings. The first-order chi connectivity index (χ1) is 16.1. The molecule has 4 rings (SSSR count). The maximum absolute atomic E-state index is 12.7. The fourth-order valence-corrected chi connectivity index (χ4v) is 4.14. The van der Waals surface area contributed by atoms with E-state index in [4.69, 9.17) is 12.2 Å². The van der Waals surface area contributed by atoms with Crippen LogP contribution in [-0.2, 0) is 24.4 Å². The van der Waals surface area contributed by atoms with Gasteiger partial charge in [0, 0.05) is 38.4 Å². The third-order valence-corrected chi connectivity index (χ3v) is 5.90. The average Bonchev–Trinajstić information content (AvgIpc) is 3.32. The topological polar surface area (TPSA) is 84.7 Å². The Morgan fingerprint density at radius 1 is 1.06 bits per heavy atom. The van der Waals surface area contributed by atoms with Gasteiger partial charge >= 0.3 is 0 Å². The second-order valence-electron chi connectivity index (χ2n) is 8.07. The van der Waals surface area contributed by atoms with Crippen molar-refractivity contribution in [3.8, 4) is 0 Å². The standard InChI is InChI=1S/C25H27N5O2S/c31-23(27-16-19-7-6-8-20(15-19)17-29-14-12-26-18-29)11-2-1-5-13-30-24(32)21-9-3-4-10-22(21)28-25(30)33/h3-4,6-10,12,14-15,18H,1-2,5,11,13,16-17H2,(H,27,31)(H,28,33). The molecule has 8 heteroatoms. The number of unbranched alkanes of at least 4 members (excludes halogenated alkanes) is 2. The fraction of sp³-hybridized carbons (Fsp3) is 0.280. The number of carbonyl (C=O) groups excluding carboxylic acids is 1. The van der Waals surface area contributed by atoms with Crippen molar-refractivity contribution < 1.29 is 4.79 Å². The van der Waals surface area contributed by atoms with Crippen LogP contribution in [0.4, 0.5) is 0 Å². The average molecular weight is 462 g/mol. The van der Waals surface area contributed by atoms with Crippen molar-refractivity contribution >= 4 is 29.0 Å². The van der Waals surface area contributed by atoms with E-state index < -0.39 is 0 Å². The van der Waals surface area contributed by atoms with Gasteiger partial charge in [-0.3, -0.25) is 14.2 Å². The van der Waals surface area contributed by atoms with Crippen LogP contribution in [0.5, 0.6) is 0 Å². The summed E-state index contributed by atoms with van der Waals surface area (Å²) in [5, 5.41) is 3.64. The first-order valence-corrected chi connectivity index (χ1v) is 11.5. The molecule has 1 amide bonds. The summed E-state index contributed by atoms with van der Waals surface area (Å²) in [5.41, 5.74) is 2.93. The molecule has 0 radical (unpaired) electrons. The second-order valence-corrected chi connectivity index (χ2v) is 8.46. The lowest BCUT2D eigenvalue weighted by molar-refractivity contribution is -0.121. The molecule has 2 aromatic heterocycles. The number of aromatic nitrogens is 4. The summed E-state index contributed by atoms with van der Waals surface area (Å²) in [4.78, 5) is 32.1. The van der Waals surface area contributed by atoms with Crippen LogP contribution in [0.2, 0.25) is 0 Å². The van der Waals surface area contributed by atoms with E-state index in [9.17, 15) is 9.59 Å². The Morgan fingerprint density at radius 3 is 2.76 bits per heavy atom. The summed E-state index contributed by atoms with van der Waals surface area (Å²) in [5.74, 6) is 0.0372. The highest BCUT2D eigenvalue weighted by atomic mass is 32.1. The Kier molecular flexibility index (Phi) is 7.47. The number of para-hydroxylation sites is 1. The van der Waals surface area contributed by atoms with E-state index in [1.165, 1.54) is 5.56 Å². The number of amides is 1. The molecular formula is C25H27N5O2S. The van der Waals surface area contributed by atoms with Crippen molar-refractivity contribution in [3.63, 3.8) is 0 Å². The van der Waals surface area contributed by atoms with Gasteiger partial charge in [-0.15, -0.1) is 0 Å². The van der Waals surface area contributed by atoms with Gasteiger partial charge in [0.15, 0.2) is 4.77 Å². The van der Waals surface area contributed by atoms with Crippen LogP contribution in [0.15, 0.2) is 72.0 Å². The lowest BCUT2D eigenvalue weighted by Gasteiger charge is -2.09. The Morgan fingerprint density at radius 2 is 1.91 bits per heavy atom. The fourth-order valence-electron chi connectivity index (χ4n) is 3.85. The smallest absolute Gasteiger partial charge is 0.262 e. The molecule has 0 fully saturated rings. The molecule has 2 N–H and O–H groups in total. The van der Waals surface area contributed by atoms with E-state index in [1.807, 2.05) is 41.1 Å². The van der Waals surface area contributed by atoms with Crippen molar-refractivity contribution in [1.82, 2.24) is 24.4 Å². The largest absolute Gasteiger partial charge is 0.352 e. The minimum absolute atomic E-state index is 0.0372. The Hall–Kier alpha value is -3.52. The summed E-state index contributed by atoms with van der Waals surface area (Å²) >= 11 is 5.35. The summed E-state index contributed by atoms with van der Waals surface area (Å²) in [6.07, 6.45) is 8.36. The number of benzene rings is 2. The number of H-pyrrole nitrogens is 1. The van der Waals surface area contributed by atoms with Gasteiger partial charge in [-0.1, -0.05) is 42.8 Å². The van der Waals surface area contributed by atoms with Gasteiger partial charge in [0.1, 0.15) is 0 Å². The van der Waals surface area contributed by atoms with Crippen LogP contribution >= 0.6 is 12.2 Å². The molecule has 2 aromatic carbocycles. The zero-order chi connectivity index (χ0) is 23.0. The quantitative estimate of drug-likeness (QED) is 0.274. The SMILES string of the molecule is O=C(CCCCCn1c(=S)[nH]c2ccccc2c1=O)NCc1cccc(Cn2ccnc2)c1. The highest BCUT2D eigenvalue weighted by Crippen LogP contribution is 2.09. The van der Waals surface area contributed by atoms with Gasteiger partial charge in [-0.2, -0.15) is 0 Å². The molecule has 4 aromatic rings. The van der Waals surface area contributed by atoms with Crippen molar-refractivity contribution in [1.29, 1.82) is 0 Å². The van der Waals surface area contributed by atoms with E-state index in [2.05, 4.69) is 27.4 Å². The number of nitrogens with zero attached hydrogens (tertiary/aromatic N) is 3. The monoisotopic (exact) mass is 461 g/mol. The molecular weight excluding hydrogens is 434 g/mol.